The van der Waals surface area contributed by atoms with E-state index in [1.807, 2.05) is 23.7 Å². The highest BCUT2D eigenvalue weighted by Crippen LogP contribution is 2.17. The van der Waals surface area contributed by atoms with Crippen molar-refractivity contribution >= 4 is 23.1 Å². The van der Waals surface area contributed by atoms with Gasteiger partial charge in [0.1, 0.15) is 5.82 Å². The smallest absolute Gasteiger partial charge is 0.225 e. The predicted molar refractivity (Wildman–Crippen MR) is 90.2 cm³/mol. The Balaban J connectivity index is 1.49. The topological polar surface area (TPSA) is 45.2 Å². The Morgan fingerprint density at radius 1 is 1.23 bits per heavy atom. The van der Waals surface area contributed by atoms with Gasteiger partial charge in [0.2, 0.25) is 5.91 Å². The van der Waals surface area contributed by atoms with Gasteiger partial charge < -0.3 is 10.2 Å². The zero-order valence-corrected chi connectivity index (χ0v) is 13.4. The van der Waals surface area contributed by atoms with Crippen LogP contribution in [0, 0.1) is 0 Å². The largest absolute Gasteiger partial charge is 0.357 e. The van der Waals surface area contributed by atoms with Crippen molar-refractivity contribution in [2.45, 2.75) is 32.2 Å². The van der Waals surface area contributed by atoms with Crippen molar-refractivity contribution in [1.29, 1.82) is 0 Å². The number of rotatable bonds is 5. The Morgan fingerprint density at radius 2 is 2.09 bits per heavy atom. The Kier molecular flexibility index (Phi) is 5.06. The Labute approximate surface area is 135 Å². The van der Waals surface area contributed by atoms with E-state index < -0.39 is 0 Å². The summed E-state index contributed by atoms with van der Waals surface area (Å²) in [5, 5.41) is 4.94. The molecule has 0 saturated carbocycles. The molecule has 1 N–H and O–H groups in total. The van der Waals surface area contributed by atoms with Gasteiger partial charge in [0.25, 0.3) is 0 Å². The molecule has 1 aliphatic rings. The quantitative estimate of drug-likeness (QED) is 0.922. The number of hydrogen-bond acceptors (Lipinski definition) is 4. The first kappa shape index (κ1) is 15.0. The number of carbonyl (C=O) groups is 1. The third kappa shape index (κ3) is 4.07. The molecule has 116 valence electrons. The van der Waals surface area contributed by atoms with Gasteiger partial charge in [0, 0.05) is 30.7 Å². The van der Waals surface area contributed by atoms with Gasteiger partial charge in [-0.15, -0.1) is 11.3 Å². The molecule has 0 aliphatic carbocycles. The van der Waals surface area contributed by atoms with Gasteiger partial charge in [-0.1, -0.05) is 12.1 Å². The summed E-state index contributed by atoms with van der Waals surface area (Å²) in [6.45, 7) is 2.74. The third-order valence-corrected chi connectivity index (χ3v) is 4.77. The predicted octanol–water partition coefficient (Wildman–Crippen LogP) is 2.99. The monoisotopic (exact) mass is 315 g/mol. The van der Waals surface area contributed by atoms with Crippen LogP contribution < -0.4 is 10.2 Å². The van der Waals surface area contributed by atoms with Gasteiger partial charge in [-0.3, -0.25) is 4.79 Å². The molecule has 1 aliphatic heterocycles. The molecule has 22 heavy (non-hydrogen) atoms. The lowest BCUT2D eigenvalue weighted by Crippen LogP contribution is -2.30. The van der Waals surface area contributed by atoms with E-state index in [9.17, 15) is 4.79 Å². The van der Waals surface area contributed by atoms with Gasteiger partial charge in [-0.05, 0) is 42.3 Å². The van der Waals surface area contributed by atoms with E-state index in [1.165, 1.54) is 19.3 Å². The molecule has 5 heteroatoms. The molecule has 4 nitrogen and oxygen atoms in total. The van der Waals surface area contributed by atoms with E-state index in [1.54, 1.807) is 11.3 Å². The van der Waals surface area contributed by atoms with Crippen molar-refractivity contribution in [2.24, 2.45) is 0 Å². The number of amides is 1. The summed E-state index contributed by atoms with van der Waals surface area (Å²) >= 11 is 1.61. The summed E-state index contributed by atoms with van der Waals surface area (Å²) in [6.07, 6.45) is 6.15. The molecule has 0 aromatic carbocycles. The van der Waals surface area contributed by atoms with Crippen LogP contribution in [0.15, 0.2) is 35.8 Å². The summed E-state index contributed by atoms with van der Waals surface area (Å²) in [6, 6.07) is 8.07. The molecule has 3 heterocycles. The average molecular weight is 315 g/mol. The fourth-order valence-corrected chi connectivity index (χ4v) is 3.37. The minimum absolute atomic E-state index is 0.0579. The summed E-state index contributed by atoms with van der Waals surface area (Å²) in [7, 11) is 0. The summed E-state index contributed by atoms with van der Waals surface area (Å²) in [5.41, 5.74) is 1.04. The molecule has 0 spiro atoms. The molecule has 0 unspecified atom stereocenters. The van der Waals surface area contributed by atoms with Crippen molar-refractivity contribution in [3.05, 3.63) is 46.3 Å². The minimum Gasteiger partial charge on any atom is -0.357 e. The van der Waals surface area contributed by atoms with Crippen LogP contribution in [-0.2, 0) is 17.8 Å². The second-order valence-electron chi connectivity index (χ2n) is 5.61. The highest BCUT2D eigenvalue weighted by atomic mass is 32.1. The van der Waals surface area contributed by atoms with Crippen LogP contribution in [-0.4, -0.2) is 24.0 Å². The Morgan fingerprint density at radius 3 is 2.77 bits per heavy atom. The zero-order chi connectivity index (χ0) is 15.2. The van der Waals surface area contributed by atoms with Crippen LogP contribution in [0.25, 0.3) is 0 Å². The number of pyridine rings is 1. The number of nitrogens with one attached hydrogen (secondary N) is 1. The molecule has 2 aromatic rings. The number of nitrogens with zero attached hydrogens (tertiary/aromatic N) is 2. The first-order valence-electron chi connectivity index (χ1n) is 7.80. The highest BCUT2D eigenvalue weighted by Gasteiger charge is 2.11. The molecular weight excluding hydrogens is 294 g/mol. The van der Waals surface area contributed by atoms with Crippen LogP contribution in [0.5, 0.6) is 0 Å². The normalized spacial score (nSPS) is 14.8. The lowest BCUT2D eigenvalue weighted by Gasteiger charge is -2.27. The van der Waals surface area contributed by atoms with Crippen LogP contribution >= 0.6 is 11.3 Å². The van der Waals surface area contributed by atoms with E-state index in [-0.39, 0.29) is 5.91 Å². The average Bonchev–Trinajstić information content (AvgIpc) is 3.07. The fourth-order valence-electron chi connectivity index (χ4n) is 2.67. The maximum absolute atomic E-state index is 11.9. The van der Waals surface area contributed by atoms with Gasteiger partial charge in [0.05, 0.1) is 6.42 Å². The molecule has 1 saturated heterocycles. The van der Waals surface area contributed by atoms with Crippen LogP contribution in [0.4, 0.5) is 5.82 Å². The molecule has 2 aromatic heterocycles. The zero-order valence-electron chi connectivity index (χ0n) is 12.6. The molecule has 0 bridgehead atoms. The lowest BCUT2D eigenvalue weighted by molar-refractivity contribution is -0.120. The SMILES string of the molecule is O=C(Cc1cccs1)NCc1ccc(N2CCCCC2)nc1. The fraction of sp³-hybridized carbons (Fsp3) is 0.412. The number of thiophene rings is 1. The van der Waals surface area contributed by atoms with E-state index >= 15 is 0 Å². The number of hydrogen-bond donors (Lipinski definition) is 1. The highest BCUT2D eigenvalue weighted by molar-refractivity contribution is 7.10. The van der Waals surface area contributed by atoms with Crippen molar-refractivity contribution < 1.29 is 4.79 Å². The van der Waals surface area contributed by atoms with Gasteiger partial charge in [0.15, 0.2) is 0 Å². The summed E-state index contributed by atoms with van der Waals surface area (Å²) in [5.74, 6) is 1.11. The van der Waals surface area contributed by atoms with Crippen molar-refractivity contribution in [3.8, 4) is 0 Å². The molecule has 0 atom stereocenters. The second kappa shape index (κ2) is 7.40. The summed E-state index contributed by atoms with van der Waals surface area (Å²) in [4.78, 5) is 19.8. The number of aromatic nitrogens is 1. The maximum atomic E-state index is 11.9. The van der Waals surface area contributed by atoms with Crippen LogP contribution in [0.3, 0.4) is 0 Å². The van der Waals surface area contributed by atoms with Crippen LogP contribution in [0.2, 0.25) is 0 Å². The van der Waals surface area contributed by atoms with Gasteiger partial charge >= 0.3 is 0 Å². The van der Waals surface area contributed by atoms with E-state index in [0.717, 1.165) is 29.3 Å². The van der Waals surface area contributed by atoms with Gasteiger partial charge in [-0.25, -0.2) is 4.98 Å². The third-order valence-electron chi connectivity index (χ3n) is 3.89. The molecule has 3 rings (SSSR count). The van der Waals surface area contributed by atoms with Crippen molar-refractivity contribution in [2.75, 3.05) is 18.0 Å². The second-order valence-corrected chi connectivity index (χ2v) is 6.64. The first-order valence-corrected chi connectivity index (χ1v) is 8.68. The molecule has 1 amide bonds. The Hall–Kier alpha value is -1.88. The van der Waals surface area contributed by atoms with E-state index in [2.05, 4.69) is 27.3 Å². The molecular formula is C17H21N3OS. The molecule has 0 radical (unpaired) electrons. The number of piperidine rings is 1. The van der Waals surface area contributed by atoms with Crippen LogP contribution in [0.1, 0.15) is 29.7 Å². The number of anilines is 1. The Bertz CT molecular complexity index is 589. The standard InChI is InChI=1S/C17H21N3OS/c21-17(11-15-5-4-10-22-15)19-13-14-6-7-16(18-12-14)20-8-2-1-3-9-20/h4-7,10,12H,1-3,8-9,11,13H2,(H,19,21). The van der Waals surface area contributed by atoms with Crippen molar-refractivity contribution in [1.82, 2.24) is 10.3 Å². The van der Waals surface area contributed by atoms with Gasteiger partial charge in [-0.2, -0.15) is 0 Å². The number of carbonyl (C=O) groups excluding carboxylic acids is 1. The maximum Gasteiger partial charge on any atom is 0.225 e. The first-order chi connectivity index (χ1) is 10.8. The van der Waals surface area contributed by atoms with E-state index in [0.29, 0.717) is 13.0 Å². The molecule has 1 fully saturated rings. The van der Waals surface area contributed by atoms with E-state index in [4.69, 9.17) is 0 Å². The minimum atomic E-state index is 0.0579. The van der Waals surface area contributed by atoms with Crippen molar-refractivity contribution in [3.63, 3.8) is 0 Å². The summed E-state index contributed by atoms with van der Waals surface area (Å²) < 4.78 is 0. The lowest BCUT2D eigenvalue weighted by atomic mass is 10.1.